The molecule has 1 fully saturated rings. The number of pyridine rings is 1. The number of carboxylic acids is 2. The Labute approximate surface area is 192 Å². The summed E-state index contributed by atoms with van der Waals surface area (Å²) in [7, 11) is 0. The monoisotopic (exact) mass is 464 g/mol. The number of aryl methyl sites for hydroxylation is 1. The first-order valence-corrected chi connectivity index (χ1v) is 10.8. The molecule has 0 bridgehead atoms. The second kappa shape index (κ2) is 8.16. The van der Waals surface area contributed by atoms with E-state index in [4.69, 9.17) is 14.2 Å². The van der Waals surface area contributed by atoms with Crippen molar-refractivity contribution in [3.63, 3.8) is 0 Å². The first kappa shape index (κ1) is 24.8. The number of rotatable bonds is 5. The lowest BCUT2D eigenvalue weighted by Crippen LogP contribution is -2.51. The van der Waals surface area contributed by atoms with Crippen LogP contribution < -0.4 is 4.74 Å². The number of hydrogen-bond donors (Lipinski definition) is 2. The minimum atomic E-state index is -1.91. The fourth-order valence-corrected chi connectivity index (χ4v) is 4.41. The van der Waals surface area contributed by atoms with Crippen LogP contribution in [0.3, 0.4) is 0 Å². The van der Waals surface area contributed by atoms with Crippen molar-refractivity contribution in [1.82, 2.24) is 9.88 Å². The lowest BCUT2D eigenvalue weighted by Gasteiger charge is -2.35. The highest BCUT2D eigenvalue weighted by Crippen LogP contribution is 2.42. The summed E-state index contributed by atoms with van der Waals surface area (Å²) in [6.07, 6.45) is -0.771. The van der Waals surface area contributed by atoms with E-state index in [1.165, 1.54) is 4.90 Å². The van der Waals surface area contributed by atoms with Gasteiger partial charge in [-0.15, -0.1) is 0 Å². The van der Waals surface area contributed by atoms with Gasteiger partial charge in [-0.3, -0.25) is 14.5 Å². The predicted molar refractivity (Wildman–Crippen MR) is 116 cm³/mol. The third-order valence-electron chi connectivity index (χ3n) is 6.20. The van der Waals surface area contributed by atoms with Crippen LogP contribution in [0.2, 0.25) is 0 Å². The van der Waals surface area contributed by atoms with E-state index in [0.29, 0.717) is 22.4 Å². The minimum absolute atomic E-state index is 0.0811. The summed E-state index contributed by atoms with van der Waals surface area (Å²) in [6, 6.07) is -0.429. The van der Waals surface area contributed by atoms with Crippen molar-refractivity contribution in [1.29, 1.82) is 0 Å². The Morgan fingerprint density at radius 3 is 2.24 bits per heavy atom. The lowest BCUT2D eigenvalue weighted by atomic mass is 9.84. The highest BCUT2D eigenvalue weighted by molar-refractivity contribution is 6.00. The lowest BCUT2D eigenvalue weighted by molar-refractivity contribution is -0.163. The molecular formula is C23H32N2O8. The summed E-state index contributed by atoms with van der Waals surface area (Å²) in [5.41, 5.74) is -1.06. The standard InChI is InChI=1S/C23H32N2O8/c1-12-15-8-23(18(26)27,19(28)29)9-16(15)13(2)24-17(12)31-10-14-11-32-22(6,7)25(14)20(30)33-21(3,4)5/h14H,8-11H2,1-7H3,(H,26,27)(H,28,29)/t14-/m0/s1. The molecule has 10 nitrogen and oxygen atoms in total. The van der Waals surface area contributed by atoms with Crippen molar-refractivity contribution in [2.45, 2.75) is 78.7 Å². The zero-order valence-corrected chi connectivity index (χ0v) is 20.1. The number of ether oxygens (including phenoxy) is 3. The van der Waals surface area contributed by atoms with E-state index in [1.807, 2.05) is 0 Å². The molecule has 1 aliphatic carbocycles. The quantitative estimate of drug-likeness (QED) is 0.630. The summed E-state index contributed by atoms with van der Waals surface area (Å²) in [5, 5.41) is 19.2. The van der Waals surface area contributed by atoms with Gasteiger partial charge in [0, 0.05) is 24.1 Å². The van der Waals surface area contributed by atoms with Crippen molar-refractivity contribution < 1.29 is 38.8 Å². The largest absolute Gasteiger partial charge is 0.480 e. The molecule has 1 aromatic rings. The Balaban J connectivity index is 1.83. The van der Waals surface area contributed by atoms with E-state index < -0.39 is 40.8 Å². The molecule has 1 aliphatic heterocycles. The van der Waals surface area contributed by atoms with Crippen LogP contribution in [0.5, 0.6) is 5.88 Å². The van der Waals surface area contributed by atoms with E-state index >= 15 is 0 Å². The number of carbonyl (C=O) groups excluding carboxylic acids is 1. The maximum absolute atomic E-state index is 12.8. The number of aromatic nitrogens is 1. The fourth-order valence-electron chi connectivity index (χ4n) is 4.41. The van der Waals surface area contributed by atoms with Crippen molar-refractivity contribution >= 4 is 18.0 Å². The Kier molecular flexibility index (Phi) is 6.12. The molecule has 0 unspecified atom stereocenters. The number of nitrogens with zero attached hydrogens (tertiary/aromatic N) is 2. The second-order valence-electron chi connectivity index (χ2n) is 10.2. The van der Waals surface area contributed by atoms with Gasteiger partial charge >= 0.3 is 18.0 Å². The van der Waals surface area contributed by atoms with Gasteiger partial charge in [-0.2, -0.15) is 0 Å². The maximum atomic E-state index is 12.8. The van der Waals surface area contributed by atoms with E-state index in [2.05, 4.69) is 4.98 Å². The average molecular weight is 465 g/mol. The van der Waals surface area contributed by atoms with E-state index in [1.54, 1.807) is 48.5 Å². The van der Waals surface area contributed by atoms with Gasteiger partial charge in [0.15, 0.2) is 5.41 Å². The van der Waals surface area contributed by atoms with Gasteiger partial charge in [0.05, 0.1) is 12.6 Å². The van der Waals surface area contributed by atoms with E-state index in [-0.39, 0.29) is 31.9 Å². The topological polar surface area (TPSA) is 135 Å². The van der Waals surface area contributed by atoms with Gasteiger partial charge in [0.2, 0.25) is 5.88 Å². The Morgan fingerprint density at radius 2 is 1.70 bits per heavy atom. The fraction of sp³-hybridized carbons (Fsp3) is 0.652. The molecule has 1 atom stereocenters. The normalized spacial score (nSPS) is 20.9. The van der Waals surface area contributed by atoms with Crippen LogP contribution in [0.1, 0.15) is 57.0 Å². The van der Waals surface area contributed by atoms with Gasteiger partial charge in [-0.05, 0) is 59.6 Å². The molecule has 2 heterocycles. The predicted octanol–water partition coefficient (Wildman–Crippen LogP) is 2.70. The van der Waals surface area contributed by atoms with Crippen molar-refractivity contribution in [3.8, 4) is 5.88 Å². The third-order valence-corrected chi connectivity index (χ3v) is 6.20. The van der Waals surface area contributed by atoms with Crippen LogP contribution >= 0.6 is 0 Å². The van der Waals surface area contributed by atoms with Crippen LogP contribution in [0, 0.1) is 19.3 Å². The van der Waals surface area contributed by atoms with Crippen LogP contribution in [-0.2, 0) is 31.9 Å². The molecule has 0 aromatic carbocycles. The summed E-state index contributed by atoms with van der Waals surface area (Å²) < 4.78 is 17.3. The summed E-state index contributed by atoms with van der Waals surface area (Å²) >= 11 is 0. The average Bonchev–Trinajstić information content (AvgIpc) is 3.21. The molecule has 0 spiro atoms. The Hall–Kier alpha value is -2.88. The number of fused-ring (bicyclic) bond motifs is 1. The zero-order chi connectivity index (χ0) is 24.9. The molecular weight excluding hydrogens is 432 g/mol. The smallest absolute Gasteiger partial charge is 0.413 e. The highest BCUT2D eigenvalue weighted by atomic mass is 16.6. The van der Waals surface area contributed by atoms with Crippen LogP contribution in [0.25, 0.3) is 0 Å². The number of aliphatic carboxylic acids is 2. The zero-order valence-electron chi connectivity index (χ0n) is 20.1. The van der Waals surface area contributed by atoms with E-state index in [0.717, 1.165) is 0 Å². The molecule has 2 N–H and O–H groups in total. The molecule has 10 heteroatoms. The first-order chi connectivity index (χ1) is 15.1. The van der Waals surface area contributed by atoms with Gasteiger partial charge in [-0.25, -0.2) is 9.78 Å². The number of carboxylic acid groups (broad SMARTS) is 2. The molecule has 1 saturated heterocycles. The van der Waals surface area contributed by atoms with Crippen LogP contribution in [-0.4, -0.2) is 68.7 Å². The van der Waals surface area contributed by atoms with Crippen molar-refractivity contribution in [2.75, 3.05) is 13.2 Å². The van der Waals surface area contributed by atoms with Gasteiger partial charge in [0.1, 0.15) is 17.9 Å². The molecule has 0 saturated carbocycles. The maximum Gasteiger partial charge on any atom is 0.413 e. The van der Waals surface area contributed by atoms with Gasteiger partial charge in [-0.1, -0.05) is 0 Å². The summed E-state index contributed by atoms with van der Waals surface area (Å²) in [5.74, 6) is -2.46. The number of amides is 1. The Morgan fingerprint density at radius 1 is 1.12 bits per heavy atom. The molecule has 2 aliphatic rings. The number of hydrogen-bond acceptors (Lipinski definition) is 7. The first-order valence-electron chi connectivity index (χ1n) is 10.8. The molecule has 1 aromatic heterocycles. The van der Waals surface area contributed by atoms with Gasteiger partial charge < -0.3 is 24.4 Å². The minimum Gasteiger partial charge on any atom is -0.480 e. The SMILES string of the molecule is Cc1nc(OC[C@H]2COC(C)(C)N2C(=O)OC(C)(C)C)c(C)c2c1CC(C(=O)O)(C(=O)O)C2. The second-order valence-corrected chi connectivity index (χ2v) is 10.2. The third kappa shape index (κ3) is 4.48. The van der Waals surface area contributed by atoms with Crippen molar-refractivity contribution in [2.24, 2.45) is 5.41 Å². The molecule has 33 heavy (non-hydrogen) atoms. The van der Waals surface area contributed by atoms with E-state index in [9.17, 15) is 24.6 Å². The summed E-state index contributed by atoms with van der Waals surface area (Å²) in [4.78, 5) is 42.4. The highest BCUT2D eigenvalue weighted by Gasteiger charge is 2.52. The molecule has 1 amide bonds. The van der Waals surface area contributed by atoms with Crippen molar-refractivity contribution in [3.05, 3.63) is 22.4 Å². The molecule has 0 radical (unpaired) electrons. The molecule has 3 rings (SSSR count). The molecule has 182 valence electrons. The Bertz CT molecular complexity index is 981. The van der Waals surface area contributed by atoms with Gasteiger partial charge in [0.25, 0.3) is 0 Å². The van der Waals surface area contributed by atoms with Crippen LogP contribution in [0.15, 0.2) is 0 Å². The number of carbonyl (C=O) groups is 3. The summed E-state index contributed by atoms with van der Waals surface area (Å²) in [6.45, 7) is 12.7. The van der Waals surface area contributed by atoms with Crippen LogP contribution in [0.4, 0.5) is 4.79 Å².